The van der Waals surface area contributed by atoms with Crippen LogP contribution in [-0.2, 0) is 27.5 Å². The van der Waals surface area contributed by atoms with Crippen LogP contribution in [0, 0.1) is 0 Å². The Morgan fingerprint density at radius 2 is 1.76 bits per heavy atom. The number of hydrogen-bond donors (Lipinski definition) is 1. The van der Waals surface area contributed by atoms with Crippen molar-refractivity contribution >= 4 is 11.9 Å². The lowest BCUT2D eigenvalue weighted by Crippen LogP contribution is -2.39. The highest BCUT2D eigenvalue weighted by Crippen LogP contribution is 2.17. The second kappa shape index (κ2) is 9.44. The molecule has 0 saturated heterocycles. The molecule has 2 aromatic rings. The molecule has 0 bridgehead atoms. The topological polar surface area (TPSA) is 81.9 Å². The quantitative estimate of drug-likeness (QED) is 0.612. The van der Waals surface area contributed by atoms with E-state index in [1.165, 1.54) is 12.0 Å². The van der Waals surface area contributed by atoms with Crippen LogP contribution in [0.15, 0.2) is 54.6 Å². The van der Waals surface area contributed by atoms with Gasteiger partial charge in [0.05, 0.1) is 7.11 Å². The summed E-state index contributed by atoms with van der Waals surface area (Å²) in [6.45, 7) is 1.24. The van der Waals surface area contributed by atoms with E-state index in [2.05, 4.69) is 4.74 Å². The number of methoxy groups -OCH3 is 1. The summed E-state index contributed by atoms with van der Waals surface area (Å²) in [4.78, 5) is 24.9. The van der Waals surface area contributed by atoms with Crippen molar-refractivity contribution in [2.75, 3.05) is 20.2 Å². The molecule has 0 aromatic heterocycles. The molecule has 0 radical (unpaired) electrons. The number of carbonyl (C=O) groups excluding carboxylic acids is 2. The number of rotatable bonds is 7. The zero-order valence-corrected chi connectivity index (χ0v) is 14.2. The summed E-state index contributed by atoms with van der Waals surface area (Å²) in [7, 11) is 1.18. The number of amides is 1. The molecule has 6 heteroatoms. The number of ether oxygens (including phenoxy) is 2. The summed E-state index contributed by atoms with van der Waals surface area (Å²) in [5.41, 5.74) is 7.45. The van der Waals surface area contributed by atoms with Gasteiger partial charge in [-0.15, -0.1) is 0 Å². The van der Waals surface area contributed by atoms with Gasteiger partial charge >= 0.3 is 11.9 Å². The lowest BCUT2D eigenvalue weighted by molar-refractivity contribution is -0.158. The van der Waals surface area contributed by atoms with Gasteiger partial charge < -0.3 is 20.1 Å². The first-order valence-corrected chi connectivity index (χ1v) is 7.97. The molecule has 0 atom stereocenters. The second-order valence-corrected chi connectivity index (χ2v) is 5.43. The van der Waals surface area contributed by atoms with E-state index in [-0.39, 0.29) is 19.6 Å². The Morgan fingerprint density at radius 3 is 2.44 bits per heavy atom. The first-order valence-electron chi connectivity index (χ1n) is 7.97. The van der Waals surface area contributed by atoms with Crippen molar-refractivity contribution in [1.29, 1.82) is 0 Å². The monoisotopic (exact) mass is 342 g/mol. The molecule has 1 amide bonds. The zero-order valence-electron chi connectivity index (χ0n) is 14.2. The Balaban J connectivity index is 2.03. The lowest BCUT2D eigenvalue weighted by Gasteiger charge is -2.21. The molecule has 0 unspecified atom stereocenters. The highest BCUT2D eigenvalue weighted by atomic mass is 16.5. The minimum Gasteiger partial charge on any atom is -0.489 e. The molecule has 6 nitrogen and oxygen atoms in total. The smallest absolute Gasteiger partial charge is 0.396 e. The minimum atomic E-state index is -0.898. The largest absolute Gasteiger partial charge is 0.489 e. The van der Waals surface area contributed by atoms with Crippen LogP contribution in [0.1, 0.15) is 11.1 Å². The molecule has 0 aliphatic heterocycles. The Labute approximate surface area is 147 Å². The van der Waals surface area contributed by atoms with Gasteiger partial charge in [0.15, 0.2) is 0 Å². The standard InChI is InChI=1S/C19H22N2O4/c1-24-19(23)18(22)21(11-10-20)13-16-8-5-9-17(12-16)25-14-15-6-3-2-4-7-15/h2-9,12H,10-11,13-14,20H2,1H3. The zero-order chi connectivity index (χ0) is 18.1. The third-order valence-electron chi connectivity index (χ3n) is 3.57. The molecule has 0 saturated carbocycles. The van der Waals surface area contributed by atoms with Gasteiger partial charge in [-0.05, 0) is 23.3 Å². The van der Waals surface area contributed by atoms with Gasteiger partial charge in [0.25, 0.3) is 0 Å². The maximum absolute atomic E-state index is 12.0. The minimum absolute atomic E-state index is 0.257. The molecule has 0 fully saturated rings. The summed E-state index contributed by atoms with van der Waals surface area (Å²) in [5, 5.41) is 0. The molecule has 2 rings (SSSR count). The first kappa shape index (κ1) is 18.5. The van der Waals surface area contributed by atoms with Crippen molar-refractivity contribution in [1.82, 2.24) is 4.90 Å². The van der Waals surface area contributed by atoms with Crippen LogP contribution in [0.5, 0.6) is 5.75 Å². The Kier molecular flexibility index (Phi) is 6.98. The summed E-state index contributed by atoms with van der Waals surface area (Å²) < 4.78 is 10.3. The van der Waals surface area contributed by atoms with Crippen LogP contribution in [0.3, 0.4) is 0 Å². The van der Waals surface area contributed by atoms with Crippen LogP contribution >= 0.6 is 0 Å². The van der Waals surface area contributed by atoms with Gasteiger partial charge in [-0.3, -0.25) is 4.79 Å². The van der Waals surface area contributed by atoms with Crippen LogP contribution in [0.4, 0.5) is 0 Å². The van der Waals surface area contributed by atoms with E-state index in [4.69, 9.17) is 10.5 Å². The fraction of sp³-hybridized carbons (Fsp3) is 0.263. The number of esters is 1. The van der Waals surface area contributed by atoms with E-state index in [0.29, 0.717) is 12.4 Å². The predicted octanol–water partition coefficient (Wildman–Crippen LogP) is 1.73. The summed E-state index contributed by atoms with van der Waals surface area (Å²) in [5.74, 6) is -0.909. The Morgan fingerprint density at radius 1 is 1.04 bits per heavy atom. The average molecular weight is 342 g/mol. The van der Waals surface area contributed by atoms with E-state index in [0.717, 1.165) is 11.1 Å². The summed E-state index contributed by atoms with van der Waals surface area (Å²) in [6.07, 6.45) is 0. The number of hydrogen-bond acceptors (Lipinski definition) is 5. The molecule has 0 spiro atoms. The number of nitrogens with zero attached hydrogens (tertiary/aromatic N) is 1. The number of benzene rings is 2. The van der Waals surface area contributed by atoms with Crippen molar-refractivity contribution in [3.63, 3.8) is 0 Å². The molecule has 0 heterocycles. The van der Waals surface area contributed by atoms with E-state index >= 15 is 0 Å². The highest BCUT2D eigenvalue weighted by Gasteiger charge is 2.22. The maximum Gasteiger partial charge on any atom is 0.396 e. The van der Waals surface area contributed by atoms with E-state index in [1.54, 1.807) is 0 Å². The molecule has 2 aromatic carbocycles. The van der Waals surface area contributed by atoms with Crippen molar-refractivity contribution in [3.8, 4) is 5.75 Å². The molecular weight excluding hydrogens is 320 g/mol. The number of carbonyl (C=O) groups is 2. The van der Waals surface area contributed by atoms with E-state index in [9.17, 15) is 9.59 Å². The van der Waals surface area contributed by atoms with Crippen molar-refractivity contribution in [3.05, 3.63) is 65.7 Å². The molecule has 0 aliphatic carbocycles. The molecule has 132 valence electrons. The second-order valence-electron chi connectivity index (χ2n) is 5.43. The molecule has 0 aliphatic rings. The maximum atomic E-state index is 12.0. The SMILES string of the molecule is COC(=O)C(=O)N(CCN)Cc1cccc(OCc2ccccc2)c1. The average Bonchev–Trinajstić information content (AvgIpc) is 2.66. The van der Waals surface area contributed by atoms with Crippen LogP contribution in [-0.4, -0.2) is 37.0 Å². The van der Waals surface area contributed by atoms with Crippen molar-refractivity contribution in [2.24, 2.45) is 5.73 Å². The third-order valence-corrected chi connectivity index (χ3v) is 3.57. The van der Waals surface area contributed by atoms with Gasteiger partial charge in [-0.1, -0.05) is 42.5 Å². The van der Waals surface area contributed by atoms with Crippen LogP contribution in [0.25, 0.3) is 0 Å². The molecular formula is C19H22N2O4. The third kappa shape index (κ3) is 5.61. The van der Waals surface area contributed by atoms with Gasteiger partial charge in [-0.2, -0.15) is 0 Å². The van der Waals surface area contributed by atoms with Crippen LogP contribution in [0.2, 0.25) is 0 Å². The predicted molar refractivity (Wildman–Crippen MR) is 93.7 cm³/mol. The summed E-state index contributed by atoms with van der Waals surface area (Å²) in [6, 6.07) is 17.2. The van der Waals surface area contributed by atoms with Crippen molar-refractivity contribution in [2.45, 2.75) is 13.2 Å². The lowest BCUT2D eigenvalue weighted by atomic mass is 10.2. The van der Waals surface area contributed by atoms with E-state index in [1.807, 2.05) is 54.6 Å². The fourth-order valence-corrected chi connectivity index (χ4v) is 2.32. The fourth-order valence-electron chi connectivity index (χ4n) is 2.32. The number of nitrogens with two attached hydrogens (primary N) is 1. The Hall–Kier alpha value is -2.86. The van der Waals surface area contributed by atoms with Gasteiger partial charge in [0.1, 0.15) is 12.4 Å². The molecule has 2 N–H and O–H groups in total. The highest BCUT2D eigenvalue weighted by molar-refractivity contribution is 6.32. The normalized spacial score (nSPS) is 10.2. The first-order chi connectivity index (χ1) is 12.1. The van der Waals surface area contributed by atoms with Gasteiger partial charge in [-0.25, -0.2) is 4.79 Å². The van der Waals surface area contributed by atoms with E-state index < -0.39 is 11.9 Å². The van der Waals surface area contributed by atoms with Crippen LogP contribution < -0.4 is 10.5 Å². The van der Waals surface area contributed by atoms with Gasteiger partial charge in [0.2, 0.25) is 0 Å². The summed E-state index contributed by atoms with van der Waals surface area (Å²) >= 11 is 0. The molecule has 25 heavy (non-hydrogen) atoms. The van der Waals surface area contributed by atoms with Crippen molar-refractivity contribution < 1.29 is 19.1 Å². The van der Waals surface area contributed by atoms with Gasteiger partial charge in [0, 0.05) is 19.6 Å². The Bertz CT molecular complexity index is 704.